The molecule has 0 bridgehead atoms. The molecule has 32 heavy (non-hydrogen) atoms. The highest BCUT2D eigenvalue weighted by molar-refractivity contribution is 9.10. The Balaban J connectivity index is 1.70. The van der Waals surface area contributed by atoms with Crippen molar-refractivity contribution in [2.75, 3.05) is 14.2 Å². The van der Waals surface area contributed by atoms with E-state index >= 15 is 0 Å². The number of aliphatic hydroxyl groups is 1. The molecular formula is C20H21BrN4O6S. The SMILES string of the molecule is CON1C(=O)c2ccc(Br)n2[C@H]2C[C@@]3(O)[C@@H]([C@H]21)N(S(=O)(=O)c1ccc(C)cc1)C(=O)N3C. The number of halogens is 1. The van der Waals surface area contributed by atoms with Gasteiger partial charge in [0.25, 0.3) is 15.9 Å². The normalized spacial score (nSPS) is 29.4. The summed E-state index contributed by atoms with van der Waals surface area (Å²) in [7, 11) is -1.67. The molecule has 3 amide bonds. The second kappa shape index (κ2) is 6.80. The van der Waals surface area contributed by atoms with Gasteiger partial charge in [-0.2, -0.15) is 0 Å². The van der Waals surface area contributed by atoms with E-state index in [-0.39, 0.29) is 11.3 Å². The summed E-state index contributed by atoms with van der Waals surface area (Å²) in [5.41, 5.74) is -0.642. The monoisotopic (exact) mass is 524 g/mol. The van der Waals surface area contributed by atoms with Gasteiger partial charge in [0.1, 0.15) is 17.8 Å². The number of sulfonamides is 1. The Morgan fingerprint density at radius 1 is 1.16 bits per heavy atom. The molecule has 1 saturated heterocycles. The number of carbonyl (C=O) groups is 2. The molecule has 0 radical (unpaired) electrons. The van der Waals surface area contributed by atoms with E-state index in [0.717, 1.165) is 15.5 Å². The molecule has 1 aromatic heterocycles. The van der Waals surface area contributed by atoms with Gasteiger partial charge in [-0.3, -0.25) is 14.5 Å². The molecular weight excluding hydrogens is 504 g/mol. The number of hydrogen-bond donors (Lipinski definition) is 1. The van der Waals surface area contributed by atoms with E-state index in [1.54, 1.807) is 28.8 Å². The second-order valence-corrected chi connectivity index (χ2v) is 10.9. The smallest absolute Gasteiger partial charge is 0.336 e. The molecule has 1 aromatic carbocycles. The van der Waals surface area contributed by atoms with Crippen molar-refractivity contribution < 1.29 is 28.0 Å². The van der Waals surface area contributed by atoms with Crippen molar-refractivity contribution in [2.24, 2.45) is 0 Å². The van der Waals surface area contributed by atoms with Crippen LogP contribution < -0.4 is 0 Å². The van der Waals surface area contributed by atoms with E-state index in [1.165, 1.54) is 26.3 Å². The minimum Gasteiger partial charge on any atom is -0.368 e. The summed E-state index contributed by atoms with van der Waals surface area (Å²) in [6, 6.07) is 5.83. The fourth-order valence-electron chi connectivity index (χ4n) is 5.12. The number of nitrogens with zero attached hydrogens (tertiary/aromatic N) is 4. The van der Waals surface area contributed by atoms with E-state index in [1.807, 2.05) is 6.92 Å². The molecule has 5 rings (SSSR count). The quantitative estimate of drug-likeness (QED) is 0.653. The lowest BCUT2D eigenvalue weighted by Gasteiger charge is -2.40. The Bertz CT molecular complexity index is 1250. The van der Waals surface area contributed by atoms with Crippen LogP contribution in [0.5, 0.6) is 0 Å². The van der Waals surface area contributed by atoms with Crippen LogP contribution in [0, 0.1) is 6.92 Å². The zero-order valence-corrected chi connectivity index (χ0v) is 19.9. The number of fused-ring (bicyclic) bond motifs is 5. The highest BCUT2D eigenvalue weighted by Crippen LogP contribution is 2.53. The number of amides is 3. The van der Waals surface area contributed by atoms with E-state index in [2.05, 4.69) is 15.9 Å². The fraction of sp³-hybridized carbons (Fsp3) is 0.400. The number of likely N-dealkylation sites (N-methyl/N-ethyl adjacent to an activating group) is 1. The van der Waals surface area contributed by atoms with Gasteiger partial charge in [-0.1, -0.05) is 17.7 Å². The summed E-state index contributed by atoms with van der Waals surface area (Å²) >= 11 is 3.44. The first-order valence-electron chi connectivity index (χ1n) is 9.89. The molecule has 0 spiro atoms. The van der Waals surface area contributed by atoms with Gasteiger partial charge in [-0.25, -0.2) is 22.6 Å². The average molecular weight is 525 g/mol. The molecule has 3 heterocycles. The summed E-state index contributed by atoms with van der Waals surface area (Å²) in [5.74, 6) is -0.488. The van der Waals surface area contributed by atoms with Crippen LogP contribution >= 0.6 is 15.9 Å². The topological polar surface area (TPSA) is 112 Å². The van der Waals surface area contributed by atoms with Crippen LogP contribution in [0.3, 0.4) is 0 Å². The molecule has 170 valence electrons. The van der Waals surface area contributed by atoms with Gasteiger partial charge in [0, 0.05) is 13.5 Å². The summed E-state index contributed by atoms with van der Waals surface area (Å²) < 4.78 is 30.2. The fourth-order valence-corrected chi connectivity index (χ4v) is 7.33. The highest BCUT2D eigenvalue weighted by atomic mass is 79.9. The molecule has 3 aliphatic rings. The van der Waals surface area contributed by atoms with Crippen molar-refractivity contribution in [3.05, 3.63) is 52.3 Å². The van der Waals surface area contributed by atoms with Gasteiger partial charge in [0.05, 0.1) is 22.7 Å². The standard InChI is InChI=1S/C20H21BrN4O6S/c1-11-4-6-12(7-5-11)32(29,30)25-17-16-14(10-20(17,28)22(2)19(25)27)23-13(8-9-15(23)21)18(26)24(16)31-3/h4-9,14,16-17,28H,10H2,1-3H3/t14-,16-,17+,20+/m0/s1. The maximum atomic E-state index is 13.6. The van der Waals surface area contributed by atoms with Crippen LogP contribution in [0.2, 0.25) is 0 Å². The van der Waals surface area contributed by atoms with Crippen LogP contribution in [0.4, 0.5) is 4.79 Å². The predicted molar refractivity (Wildman–Crippen MR) is 115 cm³/mol. The molecule has 12 heteroatoms. The van der Waals surface area contributed by atoms with Crippen LogP contribution in [-0.2, 0) is 14.9 Å². The van der Waals surface area contributed by atoms with Gasteiger partial charge in [-0.05, 0) is 47.1 Å². The molecule has 0 unspecified atom stereocenters. The van der Waals surface area contributed by atoms with Gasteiger partial charge in [-0.15, -0.1) is 0 Å². The Kier molecular flexibility index (Phi) is 4.55. The van der Waals surface area contributed by atoms with Crippen molar-refractivity contribution in [3.63, 3.8) is 0 Å². The van der Waals surface area contributed by atoms with Gasteiger partial charge in [0.15, 0.2) is 5.72 Å². The summed E-state index contributed by atoms with van der Waals surface area (Å²) in [5, 5.41) is 12.7. The minimum atomic E-state index is -4.34. The summed E-state index contributed by atoms with van der Waals surface area (Å²) in [4.78, 5) is 32.7. The third-order valence-electron chi connectivity index (χ3n) is 6.67. The molecule has 4 atom stereocenters. The Labute approximate surface area is 193 Å². The van der Waals surface area contributed by atoms with Crippen molar-refractivity contribution in [2.45, 2.75) is 42.1 Å². The lowest BCUT2D eigenvalue weighted by Crippen LogP contribution is -2.59. The maximum absolute atomic E-state index is 13.6. The average Bonchev–Trinajstić information content (AvgIpc) is 3.33. The zero-order valence-electron chi connectivity index (χ0n) is 17.5. The number of carbonyl (C=O) groups excluding carboxylic acids is 2. The first-order chi connectivity index (χ1) is 15.0. The second-order valence-electron chi connectivity index (χ2n) is 8.27. The predicted octanol–water partition coefficient (Wildman–Crippen LogP) is 1.70. The van der Waals surface area contributed by atoms with Gasteiger partial charge < -0.3 is 9.67 Å². The first-order valence-corrected chi connectivity index (χ1v) is 12.1. The molecule has 10 nitrogen and oxygen atoms in total. The van der Waals surface area contributed by atoms with E-state index in [9.17, 15) is 23.1 Å². The summed E-state index contributed by atoms with van der Waals surface area (Å²) in [6.45, 7) is 1.82. The first kappa shape index (κ1) is 21.4. The van der Waals surface area contributed by atoms with Crippen LogP contribution in [0.25, 0.3) is 0 Å². The van der Waals surface area contributed by atoms with Crippen molar-refractivity contribution in [1.82, 2.24) is 18.8 Å². The molecule has 1 aliphatic carbocycles. The Morgan fingerprint density at radius 3 is 2.44 bits per heavy atom. The third kappa shape index (κ3) is 2.54. The summed E-state index contributed by atoms with van der Waals surface area (Å²) in [6.07, 6.45) is 0.0118. The number of hydroxylamine groups is 2. The third-order valence-corrected chi connectivity index (χ3v) is 9.09. The van der Waals surface area contributed by atoms with E-state index in [0.29, 0.717) is 14.6 Å². The molecule has 2 aliphatic heterocycles. The van der Waals surface area contributed by atoms with Gasteiger partial charge in [0.2, 0.25) is 0 Å². The van der Waals surface area contributed by atoms with Crippen LogP contribution in [-0.4, -0.2) is 76.3 Å². The van der Waals surface area contributed by atoms with Crippen molar-refractivity contribution in [3.8, 4) is 0 Å². The Hall–Kier alpha value is -2.41. The number of aromatic nitrogens is 1. The number of urea groups is 1. The lowest BCUT2D eigenvalue weighted by molar-refractivity contribution is -0.150. The largest absolute Gasteiger partial charge is 0.368 e. The number of aryl methyl sites for hydroxylation is 1. The van der Waals surface area contributed by atoms with E-state index in [4.69, 9.17) is 4.84 Å². The van der Waals surface area contributed by atoms with E-state index < -0.39 is 45.8 Å². The minimum absolute atomic E-state index is 0.0118. The number of rotatable bonds is 3. The molecule has 2 fully saturated rings. The molecule has 2 aromatic rings. The number of hydrogen-bond acceptors (Lipinski definition) is 6. The Morgan fingerprint density at radius 2 is 1.81 bits per heavy atom. The molecule has 1 saturated carbocycles. The number of benzene rings is 1. The molecule has 1 N–H and O–H groups in total. The maximum Gasteiger partial charge on any atom is 0.336 e. The van der Waals surface area contributed by atoms with Crippen molar-refractivity contribution >= 4 is 37.9 Å². The van der Waals surface area contributed by atoms with Crippen LogP contribution in [0.15, 0.2) is 45.9 Å². The lowest BCUT2D eigenvalue weighted by atomic mass is 10.0. The van der Waals surface area contributed by atoms with Crippen molar-refractivity contribution in [1.29, 1.82) is 0 Å². The highest BCUT2D eigenvalue weighted by Gasteiger charge is 2.71. The van der Waals surface area contributed by atoms with Gasteiger partial charge >= 0.3 is 6.03 Å². The van der Waals surface area contributed by atoms with Crippen LogP contribution in [0.1, 0.15) is 28.5 Å². The zero-order chi connectivity index (χ0) is 23.2.